The average molecular weight is 158 g/mol. The highest BCUT2D eigenvalue weighted by Crippen LogP contribution is 1.95. The fourth-order valence-electron chi connectivity index (χ4n) is 0.763. The Morgan fingerprint density at radius 2 is 2.18 bits per heavy atom. The molecule has 1 rings (SSSR count). The Morgan fingerprint density at radius 1 is 1.55 bits per heavy atom. The smallest absolute Gasteiger partial charge is 0.414 e. The zero-order chi connectivity index (χ0) is 8.43. The molecule has 1 aliphatic rings. The van der Waals surface area contributed by atoms with Gasteiger partial charge in [-0.2, -0.15) is 0 Å². The molecule has 1 fully saturated rings. The minimum Gasteiger partial charge on any atom is -0.465 e. The maximum absolute atomic E-state index is 10.7. The van der Waals surface area contributed by atoms with Crippen LogP contribution in [0.25, 0.3) is 0 Å². The van der Waals surface area contributed by atoms with Gasteiger partial charge in [0.15, 0.2) is 0 Å². The van der Waals surface area contributed by atoms with Crippen LogP contribution in [-0.2, 0) is 9.59 Å². The number of nitrogens with zero attached hydrogens (tertiary/aromatic N) is 1. The molecule has 0 radical (unpaired) electrons. The fourth-order valence-corrected chi connectivity index (χ4v) is 0.763. The monoisotopic (exact) mass is 158 g/mol. The molecule has 3 amide bonds. The van der Waals surface area contributed by atoms with Gasteiger partial charge in [0.25, 0.3) is 0 Å². The van der Waals surface area contributed by atoms with Gasteiger partial charge in [0, 0.05) is 13.1 Å². The summed E-state index contributed by atoms with van der Waals surface area (Å²) in [6.07, 6.45) is -1.38. The fraction of sp³-hybridized carbons (Fsp3) is 0.400. The zero-order valence-corrected chi connectivity index (χ0v) is 5.53. The Labute approximate surface area is 61.8 Å². The van der Waals surface area contributed by atoms with Crippen molar-refractivity contribution in [2.75, 3.05) is 13.1 Å². The topological polar surface area (TPSA) is 86.7 Å². The summed E-state index contributed by atoms with van der Waals surface area (Å²) in [7, 11) is 0. The van der Waals surface area contributed by atoms with Crippen LogP contribution in [0.15, 0.2) is 0 Å². The number of carbonyl (C=O) groups is 3. The van der Waals surface area contributed by atoms with Crippen molar-refractivity contribution in [1.29, 1.82) is 0 Å². The van der Waals surface area contributed by atoms with E-state index >= 15 is 0 Å². The SMILES string of the molecule is O=C1NCCN(C(=O)O)C1=O. The molecule has 0 aromatic rings. The third-order valence-corrected chi connectivity index (χ3v) is 1.29. The third kappa shape index (κ3) is 1.28. The highest BCUT2D eigenvalue weighted by Gasteiger charge is 2.30. The van der Waals surface area contributed by atoms with Crippen molar-refractivity contribution >= 4 is 17.9 Å². The molecule has 0 aromatic heterocycles. The van der Waals surface area contributed by atoms with Crippen LogP contribution in [0.4, 0.5) is 4.79 Å². The lowest BCUT2D eigenvalue weighted by molar-refractivity contribution is -0.146. The van der Waals surface area contributed by atoms with Crippen LogP contribution in [0.1, 0.15) is 0 Å². The van der Waals surface area contributed by atoms with E-state index in [0.717, 1.165) is 0 Å². The number of piperazine rings is 1. The predicted molar refractivity (Wildman–Crippen MR) is 32.7 cm³/mol. The van der Waals surface area contributed by atoms with Crippen molar-refractivity contribution in [3.63, 3.8) is 0 Å². The number of hydrogen-bond acceptors (Lipinski definition) is 3. The molecule has 0 aliphatic carbocycles. The summed E-state index contributed by atoms with van der Waals surface area (Å²) < 4.78 is 0. The summed E-state index contributed by atoms with van der Waals surface area (Å²) in [6.45, 7) is 0.219. The van der Waals surface area contributed by atoms with E-state index in [2.05, 4.69) is 5.32 Å². The van der Waals surface area contributed by atoms with Crippen molar-refractivity contribution in [1.82, 2.24) is 10.2 Å². The molecule has 6 nitrogen and oxygen atoms in total. The second-order valence-electron chi connectivity index (χ2n) is 2.00. The second kappa shape index (κ2) is 2.57. The maximum Gasteiger partial charge on any atom is 0.414 e. The Balaban J connectivity index is 2.74. The molecule has 11 heavy (non-hydrogen) atoms. The number of rotatable bonds is 0. The van der Waals surface area contributed by atoms with E-state index in [1.165, 1.54) is 0 Å². The van der Waals surface area contributed by atoms with Gasteiger partial charge < -0.3 is 10.4 Å². The summed E-state index contributed by atoms with van der Waals surface area (Å²) in [5.41, 5.74) is 0. The summed E-state index contributed by atoms with van der Waals surface area (Å²) >= 11 is 0. The minimum absolute atomic E-state index is 0.0277. The first kappa shape index (κ1) is 7.52. The molecule has 1 heterocycles. The molecular weight excluding hydrogens is 152 g/mol. The number of carboxylic acid groups (broad SMARTS) is 1. The van der Waals surface area contributed by atoms with Gasteiger partial charge >= 0.3 is 17.9 Å². The van der Waals surface area contributed by atoms with Gasteiger partial charge in [-0.25, -0.2) is 9.69 Å². The third-order valence-electron chi connectivity index (χ3n) is 1.29. The van der Waals surface area contributed by atoms with Crippen molar-refractivity contribution in [2.24, 2.45) is 0 Å². The van der Waals surface area contributed by atoms with Gasteiger partial charge in [0.2, 0.25) is 0 Å². The molecule has 0 atom stereocenters. The van der Waals surface area contributed by atoms with Gasteiger partial charge in [-0.1, -0.05) is 0 Å². The molecule has 1 aliphatic heterocycles. The van der Waals surface area contributed by atoms with Gasteiger partial charge in [-0.15, -0.1) is 0 Å². The highest BCUT2D eigenvalue weighted by atomic mass is 16.4. The van der Waals surface area contributed by atoms with Crippen molar-refractivity contribution in [3.8, 4) is 0 Å². The number of nitrogens with one attached hydrogen (secondary N) is 1. The average Bonchev–Trinajstić information content (AvgIpc) is 1.94. The Kier molecular flexibility index (Phi) is 1.75. The zero-order valence-electron chi connectivity index (χ0n) is 5.53. The summed E-state index contributed by atoms with van der Waals surface area (Å²) in [5.74, 6) is -1.87. The summed E-state index contributed by atoms with van der Waals surface area (Å²) in [5, 5.41) is 10.6. The van der Waals surface area contributed by atoms with Gasteiger partial charge in [-0.3, -0.25) is 9.59 Å². The molecule has 0 aromatic carbocycles. The molecule has 0 spiro atoms. The largest absolute Gasteiger partial charge is 0.465 e. The lowest BCUT2D eigenvalue weighted by Crippen LogP contribution is -2.53. The van der Waals surface area contributed by atoms with Gasteiger partial charge in [0.1, 0.15) is 0 Å². The first-order chi connectivity index (χ1) is 5.13. The van der Waals surface area contributed by atoms with Crippen LogP contribution in [0, 0.1) is 0 Å². The first-order valence-corrected chi connectivity index (χ1v) is 2.95. The van der Waals surface area contributed by atoms with E-state index in [0.29, 0.717) is 4.90 Å². The molecule has 1 saturated heterocycles. The van der Waals surface area contributed by atoms with Crippen LogP contribution in [0.2, 0.25) is 0 Å². The number of amides is 3. The van der Waals surface area contributed by atoms with Crippen LogP contribution >= 0.6 is 0 Å². The van der Waals surface area contributed by atoms with E-state index in [4.69, 9.17) is 5.11 Å². The van der Waals surface area contributed by atoms with Crippen LogP contribution in [0.3, 0.4) is 0 Å². The van der Waals surface area contributed by atoms with Crippen molar-refractivity contribution in [3.05, 3.63) is 0 Å². The molecule has 60 valence electrons. The molecule has 0 unspecified atom stereocenters. The normalized spacial score (nSPS) is 18.0. The molecular formula is C5H6N2O4. The molecule has 0 saturated carbocycles. The van der Waals surface area contributed by atoms with E-state index in [1.807, 2.05) is 0 Å². The van der Waals surface area contributed by atoms with Crippen molar-refractivity contribution < 1.29 is 19.5 Å². The second-order valence-corrected chi connectivity index (χ2v) is 2.00. The quantitative estimate of drug-likeness (QED) is 0.425. The Hall–Kier alpha value is -1.59. The lowest BCUT2D eigenvalue weighted by Gasteiger charge is -2.21. The summed E-state index contributed by atoms with van der Waals surface area (Å²) in [6, 6.07) is 0. The lowest BCUT2D eigenvalue weighted by atomic mass is 10.3. The Bertz CT molecular complexity index is 225. The van der Waals surface area contributed by atoms with Crippen LogP contribution in [0.5, 0.6) is 0 Å². The van der Waals surface area contributed by atoms with E-state index in [1.54, 1.807) is 0 Å². The Morgan fingerprint density at radius 3 is 2.64 bits per heavy atom. The van der Waals surface area contributed by atoms with E-state index < -0.39 is 17.9 Å². The maximum atomic E-state index is 10.7. The van der Waals surface area contributed by atoms with E-state index in [-0.39, 0.29) is 13.1 Å². The minimum atomic E-state index is -1.38. The molecule has 2 N–H and O–H groups in total. The van der Waals surface area contributed by atoms with Crippen molar-refractivity contribution in [2.45, 2.75) is 0 Å². The summed E-state index contributed by atoms with van der Waals surface area (Å²) in [4.78, 5) is 32.0. The number of imide groups is 1. The number of carbonyl (C=O) groups excluding carboxylic acids is 2. The number of hydrogen-bond donors (Lipinski definition) is 2. The van der Waals surface area contributed by atoms with Gasteiger partial charge in [0.05, 0.1) is 0 Å². The van der Waals surface area contributed by atoms with Gasteiger partial charge in [-0.05, 0) is 0 Å². The highest BCUT2D eigenvalue weighted by molar-refractivity contribution is 6.37. The van der Waals surface area contributed by atoms with Crippen LogP contribution < -0.4 is 5.32 Å². The predicted octanol–water partition coefficient (Wildman–Crippen LogP) is -1.38. The first-order valence-electron chi connectivity index (χ1n) is 2.95. The molecule has 0 bridgehead atoms. The standard InChI is InChI=1S/C5H6N2O4/c8-3-4(9)7(5(10)11)2-1-6-3/h1-2H2,(H,6,8)(H,10,11). The van der Waals surface area contributed by atoms with Crippen LogP contribution in [-0.4, -0.2) is 41.0 Å². The van der Waals surface area contributed by atoms with E-state index in [9.17, 15) is 14.4 Å². The molecule has 6 heteroatoms.